The van der Waals surface area contributed by atoms with Crippen LogP contribution in [0.2, 0.25) is 0 Å². The second-order valence-electron chi connectivity index (χ2n) is 2.90. The third-order valence-electron chi connectivity index (χ3n) is 1.73. The number of nitrogens with zero attached hydrogens (tertiary/aromatic N) is 2. The average molecular weight is 169 g/mol. The fraction of sp³-hybridized carbons (Fsp3) is 0.714. The number of hydrogen-bond donors (Lipinski definition) is 3. The van der Waals surface area contributed by atoms with E-state index in [0.29, 0.717) is 12.6 Å². The Bertz CT molecular complexity index is 208. The Hall–Kier alpha value is -0.940. The van der Waals surface area contributed by atoms with E-state index in [-0.39, 0.29) is 6.04 Å². The lowest BCUT2D eigenvalue weighted by atomic mass is 10.2. The molecule has 4 N–H and O–H groups in total. The van der Waals surface area contributed by atoms with Gasteiger partial charge in [0.25, 0.3) is 0 Å². The first kappa shape index (κ1) is 9.15. The number of aromatic amines is 1. The van der Waals surface area contributed by atoms with E-state index in [4.69, 9.17) is 5.73 Å². The summed E-state index contributed by atoms with van der Waals surface area (Å²) >= 11 is 0. The molecule has 68 valence electrons. The molecule has 0 fully saturated rings. The highest BCUT2D eigenvalue weighted by molar-refractivity contribution is 4.89. The van der Waals surface area contributed by atoms with E-state index in [9.17, 15) is 0 Å². The zero-order valence-corrected chi connectivity index (χ0v) is 7.41. The lowest BCUT2D eigenvalue weighted by molar-refractivity contribution is 0.470. The van der Waals surface area contributed by atoms with E-state index >= 15 is 0 Å². The van der Waals surface area contributed by atoms with Gasteiger partial charge in [0, 0.05) is 12.6 Å². The van der Waals surface area contributed by atoms with Crippen LogP contribution >= 0.6 is 0 Å². The van der Waals surface area contributed by atoms with Crippen molar-refractivity contribution in [2.75, 3.05) is 6.54 Å². The Balaban J connectivity index is 2.44. The van der Waals surface area contributed by atoms with Gasteiger partial charge in [-0.2, -0.15) is 5.10 Å². The first-order valence-electron chi connectivity index (χ1n) is 4.05. The second-order valence-corrected chi connectivity index (χ2v) is 2.90. The van der Waals surface area contributed by atoms with Gasteiger partial charge in [0.15, 0.2) is 0 Å². The van der Waals surface area contributed by atoms with Crippen molar-refractivity contribution in [2.24, 2.45) is 5.73 Å². The lowest BCUT2D eigenvalue weighted by Gasteiger charge is -2.15. The van der Waals surface area contributed by atoms with Crippen molar-refractivity contribution >= 4 is 0 Å². The monoisotopic (exact) mass is 169 g/mol. The molecule has 1 aromatic heterocycles. The summed E-state index contributed by atoms with van der Waals surface area (Å²) < 4.78 is 0. The van der Waals surface area contributed by atoms with Crippen LogP contribution in [-0.2, 0) is 0 Å². The van der Waals surface area contributed by atoms with Gasteiger partial charge < -0.3 is 11.1 Å². The Morgan fingerprint density at radius 3 is 2.92 bits per heavy atom. The van der Waals surface area contributed by atoms with E-state index in [2.05, 4.69) is 20.5 Å². The Labute approximate surface area is 71.8 Å². The van der Waals surface area contributed by atoms with Gasteiger partial charge in [-0.3, -0.25) is 5.10 Å². The number of aromatic nitrogens is 3. The van der Waals surface area contributed by atoms with Crippen LogP contribution in [-0.4, -0.2) is 27.8 Å². The zero-order chi connectivity index (χ0) is 8.97. The van der Waals surface area contributed by atoms with Crippen LogP contribution in [0.1, 0.15) is 25.7 Å². The van der Waals surface area contributed by atoms with Crippen LogP contribution in [0, 0.1) is 0 Å². The molecule has 0 saturated carbocycles. The molecule has 12 heavy (non-hydrogen) atoms. The molecule has 1 heterocycles. The molecule has 5 heteroatoms. The average Bonchev–Trinajstić information content (AvgIpc) is 2.56. The van der Waals surface area contributed by atoms with Crippen molar-refractivity contribution in [2.45, 2.75) is 25.9 Å². The Morgan fingerprint density at radius 2 is 2.42 bits per heavy atom. The summed E-state index contributed by atoms with van der Waals surface area (Å²) in [6.45, 7) is 4.68. The number of rotatable bonds is 4. The molecule has 0 spiro atoms. The predicted molar refractivity (Wildman–Crippen MR) is 46.4 cm³/mol. The quantitative estimate of drug-likeness (QED) is 0.583. The predicted octanol–water partition coefficient (Wildman–Crippen LogP) is -0.197. The molecule has 0 amide bonds. The maximum atomic E-state index is 5.46. The molecule has 2 unspecified atom stereocenters. The molecule has 1 aromatic rings. The van der Waals surface area contributed by atoms with Crippen molar-refractivity contribution in [1.29, 1.82) is 0 Å². The molecule has 5 nitrogen and oxygen atoms in total. The number of H-pyrrole nitrogens is 1. The summed E-state index contributed by atoms with van der Waals surface area (Å²) in [6, 6.07) is 0.469. The van der Waals surface area contributed by atoms with Gasteiger partial charge in [0.2, 0.25) is 0 Å². The summed E-state index contributed by atoms with van der Waals surface area (Å²) in [6.07, 6.45) is 1.50. The van der Waals surface area contributed by atoms with Crippen LogP contribution in [0.25, 0.3) is 0 Å². The first-order valence-corrected chi connectivity index (χ1v) is 4.05. The maximum absolute atomic E-state index is 5.46. The molecular weight excluding hydrogens is 154 g/mol. The first-order chi connectivity index (χ1) is 5.74. The van der Waals surface area contributed by atoms with Gasteiger partial charge >= 0.3 is 0 Å². The summed E-state index contributed by atoms with van der Waals surface area (Å²) in [7, 11) is 0. The van der Waals surface area contributed by atoms with Gasteiger partial charge in [-0.25, -0.2) is 4.98 Å². The highest BCUT2D eigenvalue weighted by Crippen LogP contribution is 2.04. The van der Waals surface area contributed by atoms with Crippen LogP contribution in [0.15, 0.2) is 6.33 Å². The molecule has 0 bridgehead atoms. The molecule has 0 saturated heterocycles. The van der Waals surface area contributed by atoms with Gasteiger partial charge in [-0.15, -0.1) is 0 Å². The van der Waals surface area contributed by atoms with Gasteiger partial charge in [0.05, 0.1) is 6.04 Å². The smallest absolute Gasteiger partial charge is 0.141 e. The topological polar surface area (TPSA) is 79.6 Å². The summed E-state index contributed by atoms with van der Waals surface area (Å²) in [5, 5.41) is 9.84. The Morgan fingerprint density at radius 1 is 1.67 bits per heavy atom. The fourth-order valence-corrected chi connectivity index (χ4v) is 0.997. The third kappa shape index (κ3) is 2.28. The lowest BCUT2D eigenvalue weighted by Crippen LogP contribution is -2.35. The molecule has 0 aliphatic rings. The van der Waals surface area contributed by atoms with E-state index < -0.39 is 0 Å². The fourth-order valence-electron chi connectivity index (χ4n) is 0.997. The van der Waals surface area contributed by atoms with Crippen LogP contribution < -0.4 is 11.1 Å². The van der Waals surface area contributed by atoms with Gasteiger partial charge in [0.1, 0.15) is 12.2 Å². The highest BCUT2D eigenvalue weighted by atomic mass is 15.2. The zero-order valence-electron chi connectivity index (χ0n) is 7.41. The van der Waals surface area contributed by atoms with Crippen LogP contribution in [0.4, 0.5) is 0 Å². The second kappa shape index (κ2) is 4.18. The molecule has 0 radical (unpaired) electrons. The molecule has 0 aliphatic carbocycles. The van der Waals surface area contributed by atoms with E-state index in [1.807, 2.05) is 13.8 Å². The van der Waals surface area contributed by atoms with Crippen molar-refractivity contribution in [3.63, 3.8) is 0 Å². The number of nitrogens with one attached hydrogen (secondary N) is 2. The van der Waals surface area contributed by atoms with Gasteiger partial charge in [-0.05, 0) is 13.8 Å². The van der Waals surface area contributed by atoms with Crippen molar-refractivity contribution < 1.29 is 0 Å². The SMILES string of the molecule is CC(CN)NC(C)c1ncn[nH]1. The van der Waals surface area contributed by atoms with Crippen molar-refractivity contribution in [1.82, 2.24) is 20.5 Å². The molecule has 0 aromatic carbocycles. The minimum absolute atomic E-state index is 0.172. The largest absolute Gasteiger partial charge is 0.329 e. The number of nitrogens with two attached hydrogens (primary N) is 1. The summed E-state index contributed by atoms with van der Waals surface area (Å²) in [5.74, 6) is 0.843. The molecule has 2 atom stereocenters. The van der Waals surface area contributed by atoms with Crippen LogP contribution in [0.5, 0.6) is 0 Å². The standard InChI is InChI=1S/C7H15N5/c1-5(3-8)11-6(2)7-9-4-10-12-7/h4-6,11H,3,8H2,1-2H3,(H,9,10,12). The van der Waals surface area contributed by atoms with Crippen molar-refractivity contribution in [3.05, 3.63) is 12.2 Å². The Kier molecular flexibility index (Phi) is 3.19. The molecule has 0 aliphatic heterocycles. The maximum Gasteiger partial charge on any atom is 0.141 e. The van der Waals surface area contributed by atoms with E-state index in [0.717, 1.165) is 5.82 Å². The highest BCUT2D eigenvalue weighted by Gasteiger charge is 2.09. The number of hydrogen-bond acceptors (Lipinski definition) is 4. The summed E-state index contributed by atoms with van der Waals surface area (Å²) in [4.78, 5) is 4.03. The van der Waals surface area contributed by atoms with E-state index in [1.165, 1.54) is 6.33 Å². The van der Waals surface area contributed by atoms with Gasteiger partial charge in [-0.1, -0.05) is 0 Å². The normalized spacial score (nSPS) is 15.9. The minimum Gasteiger partial charge on any atom is -0.329 e. The van der Waals surface area contributed by atoms with E-state index in [1.54, 1.807) is 0 Å². The summed E-state index contributed by atoms with van der Waals surface area (Å²) in [5.41, 5.74) is 5.46. The minimum atomic E-state index is 0.172. The van der Waals surface area contributed by atoms with Crippen molar-refractivity contribution in [3.8, 4) is 0 Å². The third-order valence-corrected chi connectivity index (χ3v) is 1.73. The molecule has 1 rings (SSSR count). The molecular formula is C7H15N5. The van der Waals surface area contributed by atoms with Crippen LogP contribution in [0.3, 0.4) is 0 Å².